The first kappa shape index (κ1) is 13.8. The molecule has 1 amide bonds. The van der Waals surface area contributed by atoms with Crippen LogP contribution in [0, 0.1) is 0 Å². The lowest BCUT2D eigenvalue weighted by Gasteiger charge is -2.14. The molecule has 0 saturated heterocycles. The quantitative estimate of drug-likeness (QED) is 0.612. The van der Waals surface area contributed by atoms with Crippen LogP contribution < -0.4 is 10.1 Å². The van der Waals surface area contributed by atoms with Gasteiger partial charge in [0.15, 0.2) is 0 Å². The smallest absolute Gasteiger partial charge is 0.269 e. The van der Waals surface area contributed by atoms with Gasteiger partial charge in [0.1, 0.15) is 11.5 Å². The fourth-order valence-corrected chi connectivity index (χ4v) is 1.26. The second-order valence-electron chi connectivity index (χ2n) is 4.05. The van der Waals surface area contributed by atoms with Crippen LogP contribution in [-0.2, 0) is 4.79 Å². The first-order chi connectivity index (χ1) is 8.43. The number of anilines is 1. The Labute approximate surface area is 106 Å². The van der Waals surface area contributed by atoms with Gasteiger partial charge >= 0.3 is 0 Å². The Hall–Kier alpha value is -2.24. The Morgan fingerprint density at radius 1 is 1.61 bits per heavy atom. The van der Waals surface area contributed by atoms with Gasteiger partial charge in [0.2, 0.25) is 5.88 Å². The second kappa shape index (κ2) is 5.90. The molecule has 1 aromatic heterocycles. The number of aromatic nitrogens is 2. The zero-order valence-corrected chi connectivity index (χ0v) is 11.1. The second-order valence-corrected chi connectivity index (χ2v) is 4.05. The van der Waals surface area contributed by atoms with E-state index in [0.717, 1.165) is 5.57 Å². The highest BCUT2D eigenvalue weighted by Gasteiger charge is 2.13. The molecule has 0 unspecified atom stereocenters. The van der Waals surface area contributed by atoms with Crippen LogP contribution in [0.1, 0.15) is 6.92 Å². The molecule has 0 fully saturated rings. The van der Waals surface area contributed by atoms with Crippen molar-refractivity contribution in [3.05, 3.63) is 30.0 Å². The first-order valence-corrected chi connectivity index (χ1v) is 5.39. The van der Waals surface area contributed by atoms with Gasteiger partial charge in [0.25, 0.3) is 5.91 Å². The largest absolute Gasteiger partial charge is 0.480 e. The first-order valence-electron chi connectivity index (χ1n) is 5.39. The molecule has 0 aliphatic rings. The van der Waals surface area contributed by atoms with Gasteiger partial charge in [-0.1, -0.05) is 12.2 Å². The maximum Gasteiger partial charge on any atom is 0.269 e. The van der Waals surface area contributed by atoms with Crippen molar-refractivity contribution in [2.75, 3.05) is 26.5 Å². The van der Waals surface area contributed by atoms with E-state index in [4.69, 9.17) is 4.74 Å². The van der Waals surface area contributed by atoms with E-state index in [9.17, 15) is 4.79 Å². The van der Waals surface area contributed by atoms with Crippen LogP contribution in [0.25, 0.3) is 0 Å². The van der Waals surface area contributed by atoms with E-state index in [1.807, 2.05) is 6.92 Å². The number of nitrogens with zero attached hydrogens (tertiary/aromatic N) is 2. The predicted octanol–water partition coefficient (Wildman–Crippen LogP) is 1.38. The van der Waals surface area contributed by atoms with Crippen molar-refractivity contribution in [2.24, 2.45) is 0 Å². The van der Waals surface area contributed by atoms with Gasteiger partial charge in [-0.15, -0.1) is 5.10 Å². The Morgan fingerprint density at radius 3 is 2.72 bits per heavy atom. The SMILES string of the molecule is C=C(C)/C=C(/Nc1cc(OC)n[nH]1)C(=O)N(C)C. The summed E-state index contributed by atoms with van der Waals surface area (Å²) in [5, 5.41) is 9.57. The Morgan fingerprint density at radius 2 is 2.28 bits per heavy atom. The molecule has 1 aromatic rings. The zero-order chi connectivity index (χ0) is 13.7. The summed E-state index contributed by atoms with van der Waals surface area (Å²) in [4.78, 5) is 13.4. The standard InChI is InChI=1S/C12H18N4O2/c1-8(2)6-9(12(17)16(3)4)13-10-7-11(18-5)15-14-10/h6-7H,1H2,2-5H3,(H2,13,14,15)/b9-6+. The van der Waals surface area contributed by atoms with Crippen LogP contribution >= 0.6 is 0 Å². The summed E-state index contributed by atoms with van der Waals surface area (Å²) in [6.45, 7) is 5.58. The van der Waals surface area contributed by atoms with E-state index in [-0.39, 0.29) is 5.91 Å². The fraction of sp³-hybridized carbons (Fsp3) is 0.333. The molecule has 0 saturated carbocycles. The Kier molecular flexibility index (Phi) is 4.53. The fourth-order valence-electron chi connectivity index (χ4n) is 1.26. The Balaban J connectivity index is 2.92. The zero-order valence-electron chi connectivity index (χ0n) is 11.1. The molecule has 1 rings (SSSR count). The lowest BCUT2D eigenvalue weighted by Crippen LogP contribution is -2.27. The molecule has 18 heavy (non-hydrogen) atoms. The maximum absolute atomic E-state index is 11.9. The molecule has 0 aliphatic heterocycles. The number of aromatic amines is 1. The van der Waals surface area contributed by atoms with E-state index >= 15 is 0 Å². The van der Waals surface area contributed by atoms with Crippen LogP contribution in [0.3, 0.4) is 0 Å². The highest BCUT2D eigenvalue weighted by molar-refractivity contribution is 5.96. The Bertz CT molecular complexity index is 474. The molecule has 1 heterocycles. The molecule has 0 bridgehead atoms. The van der Waals surface area contributed by atoms with Gasteiger partial charge in [-0.25, -0.2) is 0 Å². The third-order valence-corrected chi connectivity index (χ3v) is 2.06. The van der Waals surface area contributed by atoms with Gasteiger partial charge in [-0.2, -0.15) is 0 Å². The molecule has 6 nitrogen and oxygen atoms in total. The molecule has 0 aromatic carbocycles. The van der Waals surface area contributed by atoms with Crippen LogP contribution in [0.2, 0.25) is 0 Å². The number of rotatable bonds is 5. The molecule has 0 aliphatic carbocycles. The van der Waals surface area contributed by atoms with Crippen LogP contribution in [0.15, 0.2) is 30.0 Å². The minimum atomic E-state index is -0.147. The van der Waals surface area contributed by atoms with E-state index in [2.05, 4.69) is 22.1 Å². The summed E-state index contributed by atoms with van der Waals surface area (Å²) >= 11 is 0. The molecule has 0 atom stereocenters. The van der Waals surface area contributed by atoms with Crippen LogP contribution in [0.4, 0.5) is 5.82 Å². The number of H-pyrrole nitrogens is 1. The van der Waals surface area contributed by atoms with Gasteiger partial charge in [0, 0.05) is 20.2 Å². The van der Waals surface area contributed by atoms with Crippen LogP contribution in [-0.4, -0.2) is 42.2 Å². The van der Waals surface area contributed by atoms with Crippen molar-refractivity contribution in [3.8, 4) is 5.88 Å². The molecule has 2 N–H and O–H groups in total. The van der Waals surface area contributed by atoms with E-state index in [1.165, 1.54) is 12.0 Å². The molecular formula is C12H18N4O2. The summed E-state index contributed by atoms with van der Waals surface area (Å²) in [5.41, 5.74) is 1.19. The number of ether oxygens (including phenoxy) is 1. The van der Waals surface area contributed by atoms with Crippen molar-refractivity contribution in [3.63, 3.8) is 0 Å². The third kappa shape index (κ3) is 3.65. The summed E-state index contributed by atoms with van der Waals surface area (Å²) in [7, 11) is 4.89. The van der Waals surface area contributed by atoms with Crippen molar-refractivity contribution in [2.45, 2.75) is 6.92 Å². The minimum absolute atomic E-state index is 0.147. The monoisotopic (exact) mass is 250 g/mol. The number of likely N-dealkylation sites (N-methyl/N-ethyl adjacent to an activating group) is 1. The van der Waals surface area contributed by atoms with Gasteiger partial charge in [0.05, 0.1) is 7.11 Å². The van der Waals surface area contributed by atoms with E-state index < -0.39 is 0 Å². The van der Waals surface area contributed by atoms with Crippen molar-refractivity contribution in [1.82, 2.24) is 15.1 Å². The molecular weight excluding hydrogens is 232 g/mol. The lowest BCUT2D eigenvalue weighted by molar-refractivity contribution is -0.124. The maximum atomic E-state index is 11.9. The van der Waals surface area contributed by atoms with E-state index in [0.29, 0.717) is 17.4 Å². The highest BCUT2D eigenvalue weighted by Crippen LogP contribution is 2.15. The van der Waals surface area contributed by atoms with Crippen LogP contribution in [0.5, 0.6) is 5.88 Å². The number of methoxy groups -OCH3 is 1. The molecule has 98 valence electrons. The number of amides is 1. The average molecular weight is 250 g/mol. The third-order valence-electron chi connectivity index (χ3n) is 2.06. The summed E-state index contributed by atoms with van der Waals surface area (Å²) in [6, 6.07) is 1.66. The normalized spacial score (nSPS) is 11.0. The highest BCUT2D eigenvalue weighted by atomic mass is 16.5. The van der Waals surface area contributed by atoms with Crippen molar-refractivity contribution >= 4 is 11.7 Å². The number of carbonyl (C=O) groups is 1. The van der Waals surface area contributed by atoms with E-state index in [1.54, 1.807) is 26.2 Å². The minimum Gasteiger partial charge on any atom is -0.480 e. The number of carbonyl (C=O) groups excluding carboxylic acids is 1. The number of allylic oxidation sites excluding steroid dienone is 2. The van der Waals surface area contributed by atoms with Gasteiger partial charge < -0.3 is 15.0 Å². The average Bonchev–Trinajstić information content (AvgIpc) is 2.74. The molecule has 6 heteroatoms. The summed E-state index contributed by atoms with van der Waals surface area (Å²) in [5.74, 6) is 0.880. The summed E-state index contributed by atoms with van der Waals surface area (Å²) in [6.07, 6.45) is 1.68. The summed E-state index contributed by atoms with van der Waals surface area (Å²) < 4.78 is 4.95. The number of nitrogens with one attached hydrogen (secondary N) is 2. The lowest BCUT2D eigenvalue weighted by atomic mass is 10.2. The van der Waals surface area contributed by atoms with Gasteiger partial charge in [-0.3, -0.25) is 9.89 Å². The predicted molar refractivity (Wildman–Crippen MR) is 70.4 cm³/mol. The topological polar surface area (TPSA) is 70.2 Å². The molecule has 0 radical (unpaired) electrons. The van der Waals surface area contributed by atoms with Crippen molar-refractivity contribution in [1.29, 1.82) is 0 Å². The molecule has 0 spiro atoms. The number of hydrogen-bond donors (Lipinski definition) is 2. The van der Waals surface area contributed by atoms with Gasteiger partial charge in [-0.05, 0) is 13.0 Å². The number of hydrogen-bond acceptors (Lipinski definition) is 4. The van der Waals surface area contributed by atoms with Crippen molar-refractivity contribution < 1.29 is 9.53 Å².